The minimum Gasteiger partial charge on any atom is -0.237 e. The minimum absolute atomic E-state index is 0.227. The van der Waals surface area contributed by atoms with Gasteiger partial charge in [0.25, 0.3) is 0 Å². The van der Waals surface area contributed by atoms with Crippen molar-refractivity contribution >= 4 is 11.8 Å². The van der Waals surface area contributed by atoms with Gasteiger partial charge in [0.15, 0.2) is 5.16 Å². The molecule has 0 atom stereocenters. The lowest BCUT2D eigenvalue weighted by atomic mass is 10.2. The van der Waals surface area contributed by atoms with Gasteiger partial charge in [-0.15, -0.1) is 0 Å². The van der Waals surface area contributed by atoms with E-state index in [0.29, 0.717) is 0 Å². The number of aromatic nitrogens is 4. The lowest BCUT2D eigenvalue weighted by Crippen LogP contribution is -2.01. The third kappa shape index (κ3) is 2.94. The average molecular weight is 340 g/mol. The van der Waals surface area contributed by atoms with Gasteiger partial charge in [-0.3, -0.25) is 0 Å². The molecule has 1 aromatic carbocycles. The Kier molecular flexibility index (Phi) is 4.06. The molecule has 2 heterocycles. The Balaban J connectivity index is 1.61. The monoisotopic (exact) mass is 340 g/mol. The van der Waals surface area contributed by atoms with E-state index in [0.717, 1.165) is 47.1 Å². The second-order valence-corrected chi connectivity index (χ2v) is 6.89. The highest BCUT2D eigenvalue weighted by Crippen LogP contribution is 2.31. The molecule has 2 aromatic heterocycles. The van der Waals surface area contributed by atoms with Gasteiger partial charge in [-0.2, -0.15) is 5.10 Å². The predicted octanol–water partition coefficient (Wildman–Crippen LogP) is 3.89. The maximum atomic E-state index is 13.2. The van der Waals surface area contributed by atoms with E-state index in [1.165, 1.54) is 23.4 Å². The molecule has 4 nitrogen and oxygen atoms in total. The molecule has 0 fully saturated rings. The number of hydrogen-bond acceptors (Lipinski definition) is 4. The van der Waals surface area contributed by atoms with Crippen LogP contribution in [0.4, 0.5) is 4.39 Å². The molecule has 0 aliphatic heterocycles. The third-order valence-electron chi connectivity index (χ3n) is 4.18. The zero-order chi connectivity index (χ0) is 16.5. The Hall–Kier alpha value is -2.21. The number of halogens is 1. The lowest BCUT2D eigenvalue weighted by Gasteiger charge is -2.05. The second-order valence-electron chi connectivity index (χ2n) is 5.95. The fourth-order valence-electron chi connectivity index (χ4n) is 3.01. The molecule has 0 saturated carbocycles. The quantitative estimate of drug-likeness (QED) is 0.534. The number of nitrogens with zero attached hydrogens (tertiary/aromatic N) is 4. The second kappa shape index (κ2) is 6.36. The molecule has 6 heteroatoms. The summed E-state index contributed by atoms with van der Waals surface area (Å²) in [4.78, 5) is 8.67. The van der Waals surface area contributed by atoms with Gasteiger partial charge >= 0.3 is 0 Å². The zero-order valence-electron chi connectivity index (χ0n) is 13.4. The van der Waals surface area contributed by atoms with E-state index in [9.17, 15) is 4.39 Å². The summed E-state index contributed by atoms with van der Waals surface area (Å²) in [5.74, 6) is 0.523. The first-order valence-electron chi connectivity index (χ1n) is 7.98. The summed E-state index contributed by atoms with van der Waals surface area (Å²) in [5, 5.41) is 5.55. The lowest BCUT2D eigenvalue weighted by molar-refractivity contribution is 0.626. The smallest absolute Gasteiger partial charge is 0.187 e. The Labute approximate surface area is 144 Å². The van der Waals surface area contributed by atoms with Crippen LogP contribution in [0.5, 0.6) is 0 Å². The van der Waals surface area contributed by atoms with Crippen LogP contribution < -0.4 is 0 Å². The summed E-state index contributed by atoms with van der Waals surface area (Å²) in [6, 6.07) is 6.52. The SMILES string of the molecule is Cc1cnc(SCc2nn(-c3ccc(F)cc3)c3c2CCC3)nc1. The Morgan fingerprint density at radius 1 is 1.12 bits per heavy atom. The molecule has 3 aromatic rings. The molecule has 4 rings (SSSR count). The molecule has 122 valence electrons. The zero-order valence-corrected chi connectivity index (χ0v) is 14.2. The van der Waals surface area contributed by atoms with Crippen molar-refractivity contribution in [2.75, 3.05) is 0 Å². The first-order valence-corrected chi connectivity index (χ1v) is 8.96. The first kappa shape index (κ1) is 15.3. The maximum Gasteiger partial charge on any atom is 0.187 e. The number of fused-ring (bicyclic) bond motifs is 1. The molecular weight excluding hydrogens is 323 g/mol. The van der Waals surface area contributed by atoms with E-state index in [4.69, 9.17) is 5.10 Å². The molecular formula is C18H17FN4S. The van der Waals surface area contributed by atoms with Gasteiger partial charge in [0, 0.05) is 23.8 Å². The van der Waals surface area contributed by atoms with Gasteiger partial charge in [-0.25, -0.2) is 19.0 Å². The number of thioether (sulfide) groups is 1. The summed E-state index contributed by atoms with van der Waals surface area (Å²) >= 11 is 1.60. The van der Waals surface area contributed by atoms with Crippen molar-refractivity contribution in [1.82, 2.24) is 19.7 Å². The molecule has 0 saturated heterocycles. The maximum absolute atomic E-state index is 13.2. The molecule has 0 radical (unpaired) electrons. The number of benzene rings is 1. The van der Waals surface area contributed by atoms with Crippen molar-refractivity contribution in [3.05, 3.63) is 65.0 Å². The van der Waals surface area contributed by atoms with E-state index in [-0.39, 0.29) is 5.82 Å². The van der Waals surface area contributed by atoms with E-state index in [1.807, 2.05) is 24.0 Å². The predicted molar refractivity (Wildman–Crippen MR) is 91.9 cm³/mol. The topological polar surface area (TPSA) is 43.6 Å². The van der Waals surface area contributed by atoms with Crippen LogP contribution in [0.2, 0.25) is 0 Å². The fraction of sp³-hybridized carbons (Fsp3) is 0.278. The summed E-state index contributed by atoms with van der Waals surface area (Å²) in [6.07, 6.45) is 6.88. The molecule has 0 bridgehead atoms. The molecule has 1 aliphatic carbocycles. The largest absolute Gasteiger partial charge is 0.237 e. The first-order chi connectivity index (χ1) is 11.7. The van der Waals surface area contributed by atoms with Gasteiger partial charge in [0.2, 0.25) is 0 Å². The molecule has 24 heavy (non-hydrogen) atoms. The van der Waals surface area contributed by atoms with Crippen LogP contribution in [-0.2, 0) is 18.6 Å². The Morgan fingerprint density at radius 2 is 1.88 bits per heavy atom. The van der Waals surface area contributed by atoms with Crippen molar-refractivity contribution in [3.63, 3.8) is 0 Å². The third-order valence-corrected chi connectivity index (χ3v) is 5.07. The van der Waals surface area contributed by atoms with Crippen LogP contribution in [0.15, 0.2) is 41.8 Å². The van der Waals surface area contributed by atoms with Crippen LogP contribution in [0.25, 0.3) is 5.69 Å². The standard InChI is InChI=1S/C18H17FN4S/c1-12-9-20-18(21-10-12)24-11-16-15-3-2-4-17(15)23(22-16)14-7-5-13(19)6-8-14/h5-10H,2-4,11H2,1H3. The molecule has 0 spiro atoms. The Bertz CT molecular complexity index is 856. The van der Waals surface area contributed by atoms with Crippen molar-refractivity contribution in [2.24, 2.45) is 0 Å². The van der Waals surface area contributed by atoms with Crippen molar-refractivity contribution in [3.8, 4) is 5.69 Å². The summed E-state index contributed by atoms with van der Waals surface area (Å²) in [5.41, 5.74) is 5.64. The molecule has 0 unspecified atom stereocenters. The average Bonchev–Trinajstić information content (AvgIpc) is 3.18. The van der Waals surface area contributed by atoms with Gasteiger partial charge in [0.1, 0.15) is 5.82 Å². The van der Waals surface area contributed by atoms with Gasteiger partial charge in [-0.1, -0.05) is 11.8 Å². The molecule has 1 aliphatic rings. The number of hydrogen-bond donors (Lipinski definition) is 0. The normalized spacial score (nSPS) is 13.2. The highest BCUT2D eigenvalue weighted by atomic mass is 32.2. The van der Waals surface area contributed by atoms with Crippen molar-refractivity contribution in [2.45, 2.75) is 37.1 Å². The van der Waals surface area contributed by atoms with Crippen LogP contribution >= 0.6 is 11.8 Å². The van der Waals surface area contributed by atoms with Crippen LogP contribution in [0.1, 0.15) is 28.9 Å². The van der Waals surface area contributed by atoms with E-state index < -0.39 is 0 Å². The summed E-state index contributed by atoms with van der Waals surface area (Å²) in [6.45, 7) is 1.98. The van der Waals surface area contributed by atoms with Gasteiger partial charge in [0.05, 0.1) is 11.4 Å². The van der Waals surface area contributed by atoms with E-state index in [2.05, 4.69) is 9.97 Å². The van der Waals surface area contributed by atoms with Gasteiger partial charge in [-0.05, 0) is 61.6 Å². The molecule has 0 amide bonds. The van der Waals surface area contributed by atoms with E-state index in [1.54, 1.807) is 23.9 Å². The van der Waals surface area contributed by atoms with Crippen LogP contribution in [-0.4, -0.2) is 19.7 Å². The molecule has 0 N–H and O–H groups in total. The highest BCUT2D eigenvalue weighted by Gasteiger charge is 2.23. The Morgan fingerprint density at radius 3 is 2.62 bits per heavy atom. The summed E-state index contributed by atoms with van der Waals surface area (Å²) < 4.78 is 15.1. The fourth-order valence-corrected chi connectivity index (χ4v) is 3.77. The van der Waals surface area contributed by atoms with E-state index >= 15 is 0 Å². The number of rotatable bonds is 4. The van der Waals surface area contributed by atoms with Gasteiger partial charge < -0.3 is 0 Å². The van der Waals surface area contributed by atoms with Crippen molar-refractivity contribution in [1.29, 1.82) is 0 Å². The van der Waals surface area contributed by atoms with Crippen molar-refractivity contribution < 1.29 is 4.39 Å². The highest BCUT2D eigenvalue weighted by molar-refractivity contribution is 7.98. The number of aryl methyl sites for hydroxylation is 1. The summed E-state index contributed by atoms with van der Waals surface area (Å²) in [7, 11) is 0. The van der Waals surface area contributed by atoms with Crippen LogP contribution in [0, 0.1) is 12.7 Å². The minimum atomic E-state index is -0.227. The van der Waals surface area contributed by atoms with Crippen LogP contribution in [0.3, 0.4) is 0 Å².